The molecular formula is C20H23N3O4S2. The highest BCUT2D eigenvalue weighted by Gasteiger charge is 2.34. The fraction of sp³-hybridized carbons (Fsp3) is 0.400. The summed E-state index contributed by atoms with van der Waals surface area (Å²) in [6.07, 6.45) is 3.89. The van der Waals surface area contributed by atoms with Crippen LogP contribution >= 0.6 is 11.3 Å². The first-order valence-corrected chi connectivity index (χ1v) is 11.9. The van der Waals surface area contributed by atoms with Crippen LogP contribution in [0.25, 0.3) is 0 Å². The largest absolute Gasteiger partial charge is 0.365 e. The summed E-state index contributed by atoms with van der Waals surface area (Å²) >= 11 is 1.41. The number of anilines is 1. The molecular weight excluding hydrogens is 410 g/mol. The van der Waals surface area contributed by atoms with E-state index < -0.39 is 21.8 Å². The summed E-state index contributed by atoms with van der Waals surface area (Å²) in [6, 6.07) is 8.25. The maximum atomic E-state index is 12.9. The fourth-order valence-corrected chi connectivity index (χ4v) is 6.93. The van der Waals surface area contributed by atoms with E-state index in [1.165, 1.54) is 15.6 Å². The van der Waals surface area contributed by atoms with Gasteiger partial charge in [0.05, 0.1) is 16.4 Å². The molecule has 29 heavy (non-hydrogen) atoms. The predicted octanol–water partition coefficient (Wildman–Crippen LogP) is 2.38. The second-order valence-electron chi connectivity index (χ2n) is 7.43. The van der Waals surface area contributed by atoms with E-state index >= 15 is 0 Å². The van der Waals surface area contributed by atoms with Crippen molar-refractivity contribution in [3.05, 3.63) is 46.3 Å². The van der Waals surface area contributed by atoms with Gasteiger partial charge in [0.2, 0.25) is 15.9 Å². The number of piperidine rings is 1. The highest BCUT2D eigenvalue weighted by atomic mass is 32.2. The Morgan fingerprint density at radius 1 is 1.14 bits per heavy atom. The zero-order valence-corrected chi connectivity index (χ0v) is 17.5. The SMILES string of the molecule is NC(=O)c1c(NC(=O)C2CCCN(S(=O)(=O)c3ccccc3)C2)sc2c1CCC2. The molecule has 0 bridgehead atoms. The van der Waals surface area contributed by atoms with Crippen molar-refractivity contribution in [2.24, 2.45) is 11.7 Å². The lowest BCUT2D eigenvalue weighted by Crippen LogP contribution is -2.43. The highest BCUT2D eigenvalue weighted by Crippen LogP contribution is 2.39. The first-order chi connectivity index (χ1) is 13.9. The molecule has 0 radical (unpaired) electrons. The third kappa shape index (κ3) is 3.82. The van der Waals surface area contributed by atoms with Crippen molar-refractivity contribution in [1.29, 1.82) is 0 Å². The molecule has 2 amide bonds. The number of carbonyl (C=O) groups excluding carboxylic acids is 2. The monoisotopic (exact) mass is 433 g/mol. The Morgan fingerprint density at radius 2 is 1.90 bits per heavy atom. The number of rotatable bonds is 5. The van der Waals surface area contributed by atoms with Crippen LogP contribution < -0.4 is 11.1 Å². The number of fused-ring (bicyclic) bond motifs is 1. The minimum atomic E-state index is -3.64. The van der Waals surface area contributed by atoms with Gasteiger partial charge in [0, 0.05) is 18.0 Å². The molecule has 3 N–H and O–H groups in total. The van der Waals surface area contributed by atoms with Gasteiger partial charge in [-0.3, -0.25) is 9.59 Å². The predicted molar refractivity (Wildman–Crippen MR) is 111 cm³/mol. The van der Waals surface area contributed by atoms with Crippen LogP contribution in [0.4, 0.5) is 5.00 Å². The number of nitrogens with two attached hydrogens (primary N) is 1. The lowest BCUT2D eigenvalue weighted by atomic mass is 9.99. The maximum absolute atomic E-state index is 12.9. The Kier molecular flexibility index (Phi) is 5.46. The van der Waals surface area contributed by atoms with Gasteiger partial charge in [-0.1, -0.05) is 18.2 Å². The summed E-state index contributed by atoms with van der Waals surface area (Å²) < 4.78 is 27.1. The topological polar surface area (TPSA) is 110 Å². The second kappa shape index (κ2) is 7.89. The van der Waals surface area contributed by atoms with Gasteiger partial charge in [-0.2, -0.15) is 4.31 Å². The normalized spacial score (nSPS) is 19.7. The Hall–Kier alpha value is -2.23. The maximum Gasteiger partial charge on any atom is 0.251 e. The summed E-state index contributed by atoms with van der Waals surface area (Å²) in [5, 5.41) is 3.36. The smallest absolute Gasteiger partial charge is 0.251 e. The molecule has 1 aromatic carbocycles. The summed E-state index contributed by atoms with van der Waals surface area (Å²) in [4.78, 5) is 26.2. The summed E-state index contributed by atoms with van der Waals surface area (Å²) in [7, 11) is -3.64. The number of nitrogens with one attached hydrogen (secondary N) is 1. The fourth-order valence-electron chi connectivity index (χ4n) is 4.08. The van der Waals surface area contributed by atoms with Crippen molar-refractivity contribution >= 4 is 38.2 Å². The van der Waals surface area contributed by atoms with E-state index in [-0.39, 0.29) is 17.3 Å². The number of aryl methyl sites for hydroxylation is 1. The molecule has 1 aliphatic carbocycles. The van der Waals surface area contributed by atoms with E-state index in [9.17, 15) is 18.0 Å². The van der Waals surface area contributed by atoms with E-state index in [0.717, 1.165) is 29.7 Å². The van der Waals surface area contributed by atoms with Crippen molar-refractivity contribution in [2.75, 3.05) is 18.4 Å². The first-order valence-electron chi connectivity index (χ1n) is 9.68. The number of sulfonamides is 1. The number of hydrogen-bond donors (Lipinski definition) is 2. The van der Waals surface area contributed by atoms with Crippen LogP contribution in [0.2, 0.25) is 0 Å². The van der Waals surface area contributed by atoms with Crippen LogP contribution in [-0.2, 0) is 27.7 Å². The molecule has 0 spiro atoms. The number of primary amides is 1. The quantitative estimate of drug-likeness (QED) is 0.754. The van der Waals surface area contributed by atoms with Crippen molar-refractivity contribution < 1.29 is 18.0 Å². The van der Waals surface area contributed by atoms with Crippen molar-refractivity contribution in [3.8, 4) is 0 Å². The standard InChI is InChI=1S/C20H23N3O4S2/c21-18(24)17-15-9-4-10-16(15)28-20(17)22-19(25)13-6-5-11-23(12-13)29(26,27)14-7-2-1-3-8-14/h1-3,7-8,13H,4-6,9-12H2,(H2,21,24)(H,22,25). The van der Waals surface area contributed by atoms with Crippen LogP contribution in [0.5, 0.6) is 0 Å². The van der Waals surface area contributed by atoms with Crippen LogP contribution in [0.1, 0.15) is 40.1 Å². The van der Waals surface area contributed by atoms with Gasteiger partial charge < -0.3 is 11.1 Å². The minimum absolute atomic E-state index is 0.125. The van der Waals surface area contributed by atoms with Gasteiger partial charge >= 0.3 is 0 Å². The average Bonchev–Trinajstić information content (AvgIpc) is 3.29. The molecule has 1 aromatic heterocycles. The van der Waals surface area contributed by atoms with Gasteiger partial charge in [-0.05, 0) is 49.8 Å². The summed E-state index contributed by atoms with van der Waals surface area (Å²) in [5.41, 5.74) is 6.93. The molecule has 2 aliphatic rings. The number of nitrogens with zero attached hydrogens (tertiary/aromatic N) is 1. The zero-order chi connectivity index (χ0) is 20.6. The van der Waals surface area contributed by atoms with E-state index in [0.29, 0.717) is 30.0 Å². The Bertz CT molecular complexity index is 1050. The van der Waals surface area contributed by atoms with Gasteiger partial charge in [-0.15, -0.1) is 11.3 Å². The molecule has 2 aromatic rings. The number of amides is 2. The first kappa shape index (κ1) is 20.1. The molecule has 154 valence electrons. The van der Waals surface area contributed by atoms with E-state index in [1.807, 2.05) is 0 Å². The highest BCUT2D eigenvalue weighted by molar-refractivity contribution is 7.89. The number of thiophene rings is 1. The molecule has 4 rings (SSSR count). The molecule has 1 saturated heterocycles. The van der Waals surface area contributed by atoms with Crippen LogP contribution in [0.3, 0.4) is 0 Å². The summed E-state index contributed by atoms with van der Waals surface area (Å²) in [5.74, 6) is -1.27. The lowest BCUT2D eigenvalue weighted by Gasteiger charge is -2.31. The number of benzene rings is 1. The number of carbonyl (C=O) groups is 2. The van der Waals surface area contributed by atoms with Gasteiger partial charge in [0.15, 0.2) is 0 Å². The van der Waals surface area contributed by atoms with Crippen molar-refractivity contribution in [3.63, 3.8) is 0 Å². The molecule has 1 unspecified atom stereocenters. The third-order valence-electron chi connectivity index (χ3n) is 5.54. The third-order valence-corrected chi connectivity index (χ3v) is 8.63. The van der Waals surface area contributed by atoms with Crippen LogP contribution in [0.15, 0.2) is 35.2 Å². The molecule has 2 heterocycles. The molecule has 1 aliphatic heterocycles. The summed E-state index contributed by atoms with van der Waals surface area (Å²) in [6.45, 7) is 0.515. The number of hydrogen-bond acceptors (Lipinski definition) is 5. The Labute approximate surface area is 174 Å². The Morgan fingerprint density at radius 3 is 2.62 bits per heavy atom. The second-order valence-corrected chi connectivity index (χ2v) is 10.5. The Balaban J connectivity index is 1.51. The van der Waals surface area contributed by atoms with Crippen LogP contribution in [0, 0.1) is 5.92 Å². The lowest BCUT2D eigenvalue weighted by molar-refractivity contribution is -0.120. The van der Waals surface area contributed by atoms with Crippen molar-refractivity contribution in [2.45, 2.75) is 37.0 Å². The minimum Gasteiger partial charge on any atom is -0.365 e. The molecule has 7 nitrogen and oxygen atoms in total. The zero-order valence-electron chi connectivity index (χ0n) is 15.9. The molecule has 1 atom stereocenters. The molecule has 1 fully saturated rings. The van der Waals surface area contributed by atoms with Crippen LogP contribution in [-0.4, -0.2) is 37.6 Å². The van der Waals surface area contributed by atoms with E-state index in [1.54, 1.807) is 30.3 Å². The van der Waals surface area contributed by atoms with Crippen molar-refractivity contribution in [1.82, 2.24) is 4.31 Å². The average molecular weight is 434 g/mol. The molecule has 9 heteroatoms. The van der Waals surface area contributed by atoms with E-state index in [2.05, 4.69) is 5.32 Å². The van der Waals surface area contributed by atoms with E-state index in [4.69, 9.17) is 5.73 Å². The van der Waals surface area contributed by atoms with Gasteiger partial charge in [-0.25, -0.2) is 8.42 Å². The van der Waals surface area contributed by atoms with Gasteiger partial charge in [0.1, 0.15) is 5.00 Å². The molecule has 0 saturated carbocycles. The van der Waals surface area contributed by atoms with Gasteiger partial charge in [0.25, 0.3) is 5.91 Å².